The first kappa shape index (κ1) is 18.9. The standard InChI is InChI=1S/C14H16Cl3NO4/c1-7(2)5-10(14(20)21)18-11(19)6-22-13-9(16)4-3-8(15)12(13)17/h3-4,7,10H,5-6H2,1-2H3,(H,18,19)(H,20,21). The summed E-state index contributed by atoms with van der Waals surface area (Å²) in [5, 5.41) is 12.0. The summed E-state index contributed by atoms with van der Waals surface area (Å²) in [6.07, 6.45) is 0.319. The number of hydrogen-bond acceptors (Lipinski definition) is 3. The third-order valence-corrected chi connectivity index (χ3v) is 3.77. The fraction of sp³-hybridized carbons (Fsp3) is 0.429. The number of halogens is 3. The van der Waals surface area contributed by atoms with Crippen LogP contribution < -0.4 is 10.1 Å². The molecule has 0 aromatic heterocycles. The highest BCUT2D eigenvalue weighted by Crippen LogP contribution is 2.37. The second kappa shape index (κ2) is 8.46. The van der Waals surface area contributed by atoms with Gasteiger partial charge in [-0.2, -0.15) is 0 Å². The molecule has 0 bridgehead atoms. The van der Waals surface area contributed by atoms with Gasteiger partial charge in [-0.25, -0.2) is 4.79 Å². The molecule has 1 aromatic rings. The van der Waals surface area contributed by atoms with E-state index >= 15 is 0 Å². The number of aliphatic carboxylic acids is 1. The smallest absolute Gasteiger partial charge is 0.326 e. The SMILES string of the molecule is CC(C)CC(NC(=O)COc1c(Cl)ccc(Cl)c1Cl)C(=O)O. The van der Waals surface area contributed by atoms with Gasteiger partial charge in [0.25, 0.3) is 5.91 Å². The molecular formula is C14H16Cl3NO4. The number of ether oxygens (including phenoxy) is 1. The Morgan fingerprint density at radius 2 is 1.82 bits per heavy atom. The molecule has 0 aliphatic heterocycles. The van der Waals surface area contributed by atoms with E-state index in [4.69, 9.17) is 44.6 Å². The van der Waals surface area contributed by atoms with Crippen LogP contribution in [0.2, 0.25) is 15.1 Å². The number of hydrogen-bond donors (Lipinski definition) is 2. The number of carboxylic acid groups (broad SMARTS) is 1. The van der Waals surface area contributed by atoms with Crippen molar-refractivity contribution < 1.29 is 19.4 Å². The van der Waals surface area contributed by atoms with Gasteiger partial charge >= 0.3 is 5.97 Å². The molecule has 0 aliphatic carbocycles. The van der Waals surface area contributed by atoms with Crippen LogP contribution in [0.5, 0.6) is 5.75 Å². The van der Waals surface area contributed by atoms with Crippen molar-refractivity contribution in [3.63, 3.8) is 0 Å². The Bertz CT molecular complexity index is 563. The molecule has 2 N–H and O–H groups in total. The third-order valence-electron chi connectivity index (χ3n) is 2.69. The summed E-state index contributed by atoms with van der Waals surface area (Å²) >= 11 is 17.7. The number of benzene rings is 1. The summed E-state index contributed by atoms with van der Waals surface area (Å²) < 4.78 is 5.24. The van der Waals surface area contributed by atoms with Crippen LogP contribution in [0.3, 0.4) is 0 Å². The van der Waals surface area contributed by atoms with Gasteiger partial charge in [-0.05, 0) is 24.5 Å². The quantitative estimate of drug-likeness (QED) is 0.720. The van der Waals surface area contributed by atoms with Crippen molar-refractivity contribution in [1.29, 1.82) is 0 Å². The highest BCUT2D eigenvalue weighted by molar-refractivity contribution is 6.44. The van der Waals surface area contributed by atoms with E-state index in [0.717, 1.165) is 0 Å². The average molecular weight is 369 g/mol. The van der Waals surface area contributed by atoms with Crippen molar-refractivity contribution in [1.82, 2.24) is 5.32 Å². The Hall–Kier alpha value is -1.17. The molecule has 1 unspecified atom stereocenters. The molecular weight excluding hydrogens is 353 g/mol. The minimum atomic E-state index is -1.10. The molecule has 5 nitrogen and oxygen atoms in total. The van der Waals surface area contributed by atoms with E-state index in [1.807, 2.05) is 13.8 Å². The lowest BCUT2D eigenvalue weighted by molar-refractivity contribution is -0.142. The van der Waals surface area contributed by atoms with Gasteiger partial charge in [-0.15, -0.1) is 0 Å². The summed E-state index contributed by atoms with van der Waals surface area (Å²) in [6, 6.07) is 2.02. The van der Waals surface area contributed by atoms with Gasteiger partial charge in [-0.1, -0.05) is 48.7 Å². The van der Waals surface area contributed by atoms with Crippen molar-refractivity contribution in [2.24, 2.45) is 5.92 Å². The molecule has 0 radical (unpaired) electrons. The van der Waals surface area contributed by atoms with Gasteiger partial charge in [0.1, 0.15) is 11.1 Å². The van der Waals surface area contributed by atoms with Crippen molar-refractivity contribution >= 4 is 46.7 Å². The Kier molecular flexibility index (Phi) is 7.26. The Balaban J connectivity index is 2.66. The van der Waals surface area contributed by atoms with Crippen LogP contribution in [0.25, 0.3) is 0 Å². The molecule has 1 atom stereocenters. The van der Waals surface area contributed by atoms with E-state index in [2.05, 4.69) is 5.32 Å². The van der Waals surface area contributed by atoms with Crippen molar-refractivity contribution in [2.75, 3.05) is 6.61 Å². The second-order valence-electron chi connectivity index (χ2n) is 5.05. The van der Waals surface area contributed by atoms with Crippen LogP contribution in [0.1, 0.15) is 20.3 Å². The van der Waals surface area contributed by atoms with Crippen LogP contribution in [-0.2, 0) is 9.59 Å². The Morgan fingerprint density at radius 1 is 1.23 bits per heavy atom. The average Bonchev–Trinajstić information content (AvgIpc) is 2.41. The molecule has 0 saturated carbocycles. The molecule has 1 rings (SSSR count). The predicted octanol–water partition coefficient (Wildman–Crippen LogP) is 3.64. The fourth-order valence-corrected chi connectivity index (χ4v) is 2.34. The van der Waals surface area contributed by atoms with Crippen LogP contribution >= 0.6 is 34.8 Å². The van der Waals surface area contributed by atoms with Gasteiger partial charge in [0.15, 0.2) is 12.4 Å². The Morgan fingerprint density at radius 3 is 2.36 bits per heavy atom. The Labute approximate surface area is 143 Å². The summed E-state index contributed by atoms with van der Waals surface area (Å²) in [5.74, 6) is -1.47. The maximum absolute atomic E-state index is 11.8. The lowest BCUT2D eigenvalue weighted by Gasteiger charge is -2.17. The van der Waals surface area contributed by atoms with Crippen LogP contribution in [0.4, 0.5) is 0 Å². The molecule has 122 valence electrons. The van der Waals surface area contributed by atoms with E-state index in [1.165, 1.54) is 12.1 Å². The number of nitrogens with one attached hydrogen (secondary N) is 1. The van der Waals surface area contributed by atoms with Gasteiger partial charge < -0.3 is 15.2 Å². The summed E-state index contributed by atoms with van der Waals surface area (Å²) in [6.45, 7) is 3.32. The monoisotopic (exact) mass is 367 g/mol. The highest BCUT2D eigenvalue weighted by atomic mass is 35.5. The van der Waals surface area contributed by atoms with Gasteiger partial charge in [0.05, 0.1) is 10.0 Å². The zero-order valence-corrected chi connectivity index (χ0v) is 14.3. The lowest BCUT2D eigenvalue weighted by Crippen LogP contribution is -2.43. The van der Waals surface area contributed by atoms with E-state index < -0.39 is 24.5 Å². The molecule has 1 amide bonds. The topological polar surface area (TPSA) is 75.6 Å². The van der Waals surface area contributed by atoms with Crippen LogP contribution in [0, 0.1) is 5.92 Å². The number of carbonyl (C=O) groups is 2. The molecule has 0 saturated heterocycles. The predicted molar refractivity (Wildman–Crippen MR) is 86.0 cm³/mol. The zero-order valence-electron chi connectivity index (χ0n) is 12.0. The molecule has 0 fully saturated rings. The summed E-state index contributed by atoms with van der Waals surface area (Å²) in [4.78, 5) is 22.9. The zero-order chi connectivity index (χ0) is 16.9. The maximum atomic E-state index is 11.8. The van der Waals surface area contributed by atoms with Gasteiger partial charge in [0, 0.05) is 0 Å². The van der Waals surface area contributed by atoms with E-state index in [9.17, 15) is 9.59 Å². The number of amides is 1. The first-order valence-electron chi connectivity index (χ1n) is 6.50. The molecule has 8 heteroatoms. The van der Waals surface area contributed by atoms with E-state index in [1.54, 1.807) is 0 Å². The molecule has 0 spiro atoms. The van der Waals surface area contributed by atoms with Crippen LogP contribution in [0.15, 0.2) is 12.1 Å². The summed E-state index contributed by atoms with van der Waals surface area (Å²) in [5.41, 5.74) is 0. The van der Waals surface area contributed by atoms with Crippen molar-refractivity contribution in [2.45, 2.75) is 26.3 Å². The van der Waals surface area contributed by atoms with Crippen molar-refractivity contribution in [3.05, 3.63) is 27.2 Å². The minimum Gasteiger partial charge on any atom is -0.481 e. The molecule has 0 heterocycles. The maximum Gasteiger partial charge on any atom is 0.326 e. The third kappa shape index (κ3) is 5.55. The van der Waals surface area contributed by atoms with Gasteiger partial charge in [-0.3, -0.25) is 4.79 Å². The normalized spacial score (nSPS) is 12.1. The minimum absolute atomic E-state index is 0.0849. The van der Waals surface area contributed by atoms with Gasteiger partial charge in [0.2, 0.25) is 0 Å². The number of rotatable bonds is 7. The largest absolute Gasteiger partial charge is 0.481 e. The molecule has 0 aliphatic rings. The second-order valence-corrected chi connectivity index (χ2v) is 6.24. The number of carbonyl (C=O) groups excluding carboxylic acids is 1. The fourth-order valence-electron chi connectivity index (χ4n) is 1.71. The van der Waals surface area contributed by atoms with E-state index in [-0.39, 0.29) is 26.7 Å². The van der Waals surface area contributed by atoms with Crippen molar-refractivity contribution in [3.8, 4) is 5.75 Å². The summed E-state index contributed by atoms with van der Waals surface area (Å²) in [7, 11) is 0. The van der Waals surface area contributed by atoms with Crippen LogP contribution in [-0.4, -0.2) is 29.6 Å². The van der Waals surface area contributed by atoms with E-state index in [0.29, 0.717) is 6.42 Å². The first-order chi connectivity index (χ1) is 10.2. The highest BCUT2D eigenvalue weighted by Gasteiger charge is 2.21. The molecule has 22 heavy (non-hydrogen) atoms. The first-order valence-corrected chi connectivity index (χ1v) is 7.64. The number of carboxylic acids is 1. The molecule has 1 aromatic carbocycles. The lowest BCUT2D eigenvalue weighted by atomic mass is 10.0.